The number of benzene rings is 5. The molecule has 17 heteroatoms. The number of halogens is 3. The summed E-state index contributed by atoms with van der Waals surface area (Å²) in [4.78, 5) is 16.4. The number of aryl methyl sites for hydroxylation is 3. The minimum absolute atomic E-state index is 0. The fourth-order valence-corrected chi connectivity index (χ4v) is 13.9. The van der Waals surface area contributed by atoms with E-state index in [1.165, 1.54) is 50.2 Å². The summed E-state index contributed by atoms with van der Waals surface area (Å²) in [7, 11) is -0.418. The zero-order valence-corrected chi connectivity index (χ0v) is 56.4. The molecule has 0 saturated carbocycles. The molecular weight excluding hydrogens is 1170 g/mol. The highest BCUT2D eigenvalue weighted by Crippen LogP contribution is 2.56. The number of thioether (sulfide) groups is 1. The zero-order valence-electron chi connectivity index (χ0n) is 54.7. The Labute approximate surface area is 539 Å². The number of alkyl halides is 3. The second kappa shape index (κ2) is 41.7. The number of carbonyl (C=O) groups excluding carboxylic acids is 1. The molecule has 2 atom stereocenters. The lowest BCUT2D eigenvalue weighted by Gasteiger charge is -2.38. The smallest absolute Gasteiger partial charge is 0.389 e. The Morgan fingerprint density at radius 3 is 1.93 bits per heavy atom. The quantitative estimate of drug-likeness (QED) is 0.0224. The predicted octanol–water partition coefficient (Wildman–Crippen LogP) is 16.3. The SMILES string of the molecule is C.C=O.CC.CCO.CCc1ccc(/C(C)=C(/C(C)=C(/C)C/C=C/C(C)C)c2cc(CC)cc(N3CCN(c4ccc(N5CCO[P@]5(=O)c5ccc(N[C@H](CCN6CCOCC6)CSc6ccccc6)c(CCC(F)(F)F)c5)cc4)CC3)c2)cc1.COC.O.[HH]. The third-order valence-electron chi connectivity index (χ3n) is 15.4. The molecule has 8 rings (SSSR count). The maximum Gasteiger partial charge on any atom is 0.389 e. The zero-order chi connectivity index (χ0) is 63.9. The van der Waals surface area contributed by atoms with Crippen LogP contribution in [0.15, 0.2) is 143 Å². The highest BCUT2D eigenvalue weighted by molar-refractivity contribution is 7.99. The summed E-state index contributed by atoms with van der Waals surface area (Å²) in [6.45, 7) is 31.6. The van der Waals surface area contributed by atoms with Crippen molar-refractivity contribution in [1.29, 1.82) is 0 Å². The van der Waals surface area contributed by atoms with Crippen molar-refractivity contribution in [3.63, 3.8) is 0 Å². The van der Waals surface area contributed by atoms with Crippen molar-refractivity contribution in [2.45, 2.75) is 132 Å². The van der Waals surface area contributed by atoms with Gasteiger partial charge in [-0.1, -0.05) is 115 Å². The molecule has 0 bridgehead atoms. The van der Waals surface area contributed by atoms with E-state index in [1.54, 1.807) is 45.0 Å². The first kappa shape index (κ1) is 79.4. The number of allylic oxidation sites excluding steroid dienone is 6. The minimum atomic E-state index is -4.35. The summed E-state index contributed by atoms with van der Waals surface area (Å²) >= 11 is 1.73. The first-order valence-electron chi connectivity index (χ1n) is 31.1. The van der Waals surface area contributed by atoms with Gasteiger partial charge in [-0.05, 0) is 177 Å². The van der Waals surface area contributed by atoms with Crippen molar-refractivity contribution >= 4 is 65.3 Å². The van der Waals surface area contributed by atoms with E-state index in [9.17, 15) is 13.2 Å². The number of methoxy groups -OCH3 is 1. The molecule has 89 heavy (non-hydrogen) atoms. The summed E-state index contributed by atoms with van der Waals surface area (Å²) in [5.41, 5.74) is 14.6. The van der Waals surface area contributed by atoms with Gasteiger partial charge in [0.25, 0.3) is 0 Å². The number of piperazine rings is 1. The van der Waals surface area contributed by atoms with Crippen LogP contribution >= 0.6 is 19.3 Å². The molecule has 0 amide bonds. The molecule has 3 aliphatic heterocycles. The Kier molecular flexibility index (Phi) is 37.2. The van der Waals surface area contributed by atoms with E-state index < -0.39 is 20.1 Å². The first-order valence-corrected chi connectivity index (χ1v) is 33.6. The number of ether oxygens (including phenoxy) is 2. The van der Waals surface area contributed by atoms with Crippen LogP contribution < -0.4 is 25.1 Å². The fourth-order valence-electron chi connectivity index (χ4n) is 10.6. The van der Waals surface area contributed by atoms with Crippen LogP contribution in [0, 0.1) is 5.92 Å². The average Bonchev–Trinajstić information content (AvgIpc) is 2.39. The monoisotopic (exact) mass is 1280 g/mol. The summed E-state index contributed by atoms with van der Waals surface area (Å²) in [5, 5.41) is 11.6. The average molecular weight is 1280 g/mol. The number of morpholine rings is 1. The van der Waals surface area contributed by atoms with Gasteiger partial charge in [0.05, 0.1) is 31.7 Å². The van der Waals surface area contributed by atoms with Gasteiger partial charge in [-0.25, -0.2) is 0 Å². The van der Waals surface area contributed by atoms with Crippen LogP contribution in [0.4, 0.5) is 35.9 Å². The molecule has 0 aliphatic carbocycles. The molecule has 0 aromatic heterocycles. The summed E-state index contributed by atoms with van der Waals surface area (Å²) < 4.78 is 74.6. The number of hydrogen-bond acceptors (Lipinski definition) is 11. The van der Waals surface area contributed by atoms with Gasteiger partial charge in [0, 0.05) is 114 Å². The van der Waals surface area contributed by atoms with Crippen molar-refractivity contribution in [3.05, 3.63) is 166 Å². The van der Waals surface area contributed by atoms with Gasteiger partial charge in [0.15, 0.2) is 0 Å². The highest BCUT2D eigenvalue weighted by Gasteiger charge is 2.40. The van der Waals surface area contributed by atoms with Gasteiger partial charge in [-0.3, -0.25) is 14.1 Å². The Balaban J connectivity index is 0.00000294. The molecule has 3 aliphatic rings. The Hall–Kier alpha value is -5.68. The lowest BCUT2D eigenvalue weighted by atomic mass is 9.86. The highest BCUT2D eigenvalue weighted by atomic mass is 32.2. The van der Waals surface area contributed by atoms with Gasteiger partial charge in [-0.2, -0.15) is 13.2 Å². The molecule has 3 heterocycles. The minimum Gasteiger partial charge on any atom is -0.412 e. The van der Waals surface area contributed by atoms with Crippen molar-refractivity contribution < 1.29 is 48.5 Å². The van der Waals surface area contributed by atoms with Crippen LogP contribution in [0.2, 0.25) is 0 Å². The molecule has 3 fully saturated rings. The lowest BCUT2D eigenvalue weighted by Crippen LogP contribution is -2.46. The molecule has 0 spiro atoms. The molecular formula is C72H109F3N5O7PS. The van der Waals surface area contributed by atoms with Crippen LogP contribution in [0.3, 0.4) is 0 Å². The van der Waals surface area contributed by atoms with Gasteiger partial charge in [0.2, 0.25) is 0 Å². The summed E-state index contributed by atoms with van der Waals surface area (Å²) in [6.07, 6.45) is 2.69. The topological polar surface area (TPSA) is 139 Å². The number of rotatable bonds is 22. The third-order valence-corrected chi connectivity index (χ3v) is 19.1. The number of nitrogens with zero attached hydrogens (tertiary/aromatic N) is 4. The summed E-state index contributed by atoms with van der Waals surface area (Å²) in [6, 6.07) is 39.8. The van der Waals surface area contributed by atoms with Crippen LogP contribution in [-0.2, 0) is 42.6 Å². The Bertz CT molecular complexity index is 2940. The fraction of sp³-hybridized carbons (Fsp3) is 0.486. The standard InChI is InChI=1S/C64H81F3N5O3PS.2C2H6O.C2H6.CH2O.CH4.H2O.H2/c1-8-51-18-20-53(21-19-51)50(7)63(49(6)48(5)15-13-14-47(3)4)55-42-52(9-2)43-59(44-55)71-34-32-70(33-35-71)57-22-24-58(25-23-57)72-38-41-75-76(72,73)60-26-27-62(54(45-60)28-30-64(65,66)67)68-56(29-31-69-36-39-74-40-37-69)46-77-61-16-11-10-12-17-61;1-3-2;1-2-3;2*1-2;;;/h10-14,16-27,42-45,47,56,68H,8-9,15,28-41,46H2,1-7H3;1-2H3;3H,2H2,1H3;1-2H3;1H2;1H4;1H2;1H/b14-13+,49-48-,63-50-;;;;;;;/t56-,76-;;;;;;;/m1......./s1. The van der Waals surface area contributed by atoms with Crippen molar-refractivity contribution in [1.82, 2.24) is 4.90 Å². The second-order valence-corrected chi connectivity index (χ2v) is 25.3. The predicted molar refractivity (Wildman–Crippen MR) is 376 cm³/mol. The molecule has 5 aromatic carbocycles. The second-order valence-electron chi connectivity index (χ2n) is 21.9. The summed E-state index contributed by atoms with van der Waals surface area (Å²) in [5.74, 6) is 1.24. The number of hydrogen-bond donors (Lipinski definition) is 2. The van der Waals surface area contributed by atoms with Gasteiger partial charge < -0.3 is 44.5 Å². The molecule has 4 N–H and O–H groups in total. The third kappa shape index (κ3) is 24.8. The number of aliphatic hydroxyl groups is 1. The van der Waals surface area contributed by atoms with Crippen molar-refractivity contribution in [2.75, 3.05) is 119 Å². The molecule has 3 saturated heterocycles. The van der Waals surface area contributed by atoms with E-state index in [2.05, 4.69) is 152 Å². The maximum atomic E-state index is 15.1. The number of aliphatic hydroxyl groups excluding tert-OH is 1. The van der Waals surface area contributed by atoms with E-state index in [-0.39, 0.29) is 40.0 Å². The number of carbonyl (C=O) groups is 1. The van der Waals surface area contributed by atoms with Crippen LogP contribution in [0.1, 0.15) is 125 Å². The van der Waals surface area contributed by atoms with Crippen LogP contribution in [0.25, 0.3) is 11.1 Å². The number of anilines is 4. The molecule has 5 aromatic rings. The van der Waals surface area contributed by atoms with Gasteiger partial charge in [0.1, 0.15) is 6.79 Å². The Morgan fingerprint density at radius 2 is 1.36 bits per heavy atom. The first-order chi connectivity index (χ1) is 41.9. The van der Waals surface area contributed by atoms with E-state index >= 15 is 4.57 Å². The normalized spacial score (nSPS) is 16.8. The number of nitrogens with one attached hydrogen (secondary N) is 1. The van der Waals surface area contributed by atoms with Gasteiger partial charge in [-0.15, -0.1) is 11.8 Å². The van der Waals surface area contributed by atoms with Crippen LogP contribution in [0.5, 0.6) is 0 Å². The van der Waals surface area contributed by atoms with E-state index in [4.69, 9.17) is 19.2 Å². The molecule has 12 nitrogen and oxygen atoms in total. The van der Waals surface area contributed by atoms with E-state index in [0.29, 0.717) is 42.2 Å². The maximum absolute atomic E-state index is 15.1. The largest absolute Gasteiger partial charge is 0.412 e. The van der Waals surface area contributed by atoms with Crippen molar-refractivity contribution in [3.8, 4) is 0 Å². The van der Waals surface area contributed by atoms with E-state index in [0.717, 1.165) is 93.5 Å². The van der Waals surface area contributed by atoms with Gasteiger partial charge >= 0.3 is 13.7 Å². The van der Waals surface area contributed by atoms with Crippen LogP contribution in [-0.4, -0.2) is 133 Å². The molecule has 496 valence electrons. The molecule has 0 unspecified atom stereocenters. The lowest BCUT2D eigenvalue weighted by molar-refractivity contribution is -0.134. The molecule has 0 radical (unpaired) electrons. The van der Waals surface area contributed by atoms with Crippen molar-refractivity contribution in [2.24, 2.45) is 5.92 Å². The van der Waals surface area contributed by atoms with E-state index in [1.807, 2.05) is 61.7 Å². The Morgan fingerprint density at radius 1 is 0.775 bits per heavy atom.